The van der Waals surface area contributed by atoms with Gasteiger partial charge in [0.05, 0.1) is 25.3 Å². The highest BCUT2D eigenvalue weighted by Gasteiger charge is 2.30. The molecule has 0 aliphatic carbocycles. The molecule has 2 aromatic rings. The first-order valence-electron chi connectivity index (χ1n) is 14.4. The van der Waals surface area contributed by atoms with Crippen LogP contribution in [0.1, 0.15) is 44.7 Å². The summed E-state index contributed by atoms with van der Waals surface area (Å²) in [6.07, 6.45) is 0.794. The van der Waals surface area contributed by atoms with Gasteiger partial charge in [0.2, 0.25) is 12.3 Å². The number of ether oxygens (including phenoxy) is 1. The summed E-state index contributed by atoms with van der Waals surface area (Å²) in [6.45, 7) is 9.06. The molecule has 2 aromatic carbocycles. The zero-order valence-electron chi connectivity index (χ0n) is 24.4. The first kappa shape index (κ1) is 31.8. The van der Waals surface area contributed by atoms with Crippen molar-refractivity contribution in [3.05, 3.63) is 65.7 Å². The van der Waals surface area contributed by atoms with E-state index in [1.165, 1.54) is 0 Å². The van der Waals surface area contributed by atoms with Gasteiger partial charge in [-0.1, -0.05) is 69.3 Å². The van der Waals surface area contributed by atoms with E-state index >= 15 is 0 Å². The Kier molecular flexibility index (Phi) is 12.8. The molecule has 2 N–H and O–H groups in total. The number of fused-ring (bicyclic) bond motifs is 1. The lowest BCUT2D eigenvalue weighted by molar-refractivity contribution is -0.138. The Morgan fingerprint density at radius 1 is 1.05 bits per heavy atom. The molecule has 0 bridgehead atoms. The van der Waals surface area contributed by atoms with Gasteiger partial charge in [0, 0.05) is 31.9 Å². The molecule has 9 nitrogen and oxygen atoms in total. The fourth-order valence-electron chi connectivity index (χ4n) is 5.10. The molecule has 41 heavy (non-hydrogen) atoms. The lowest BCUT2D eigenvalue weighted by atomic mass is 9.98. The van der Waals surface area contributed by atoms with Crippen LogP contribution in [0.25, 0.3) is 0 Å². The molecule has 1 heterocycles. The first-order valence-corrected chi connectivity index (χ1v) is 14.4. The van der Waals surface area contributed by atoms with Crippen molar-refractivity contribution in [1.82, 2.24) is 15.5 Å². The zero-order valence-corrected chi connectivity index (χ0v) is 24.4. The Morgan fingerprint density at radius 2 is 1.78 bits per heavy atom. The number of rotatable bonds is 16. The van der Waals surface area contributed by atoms with Crippen LogP contribution in [0.2, 0.25) is 0 Å². The average molecular weight is 562 g/mol. The van der Waals surface area contributed by atoms with E-state index in [2.05, 4.69) is 21.6 Å². The standard InChI is InChI=1S/C32H43N5O4/c1-24(2)17-28(30(39)21-36-15-16-37(14-13-33)29-12-8-7-11-27(29)20-36)35-32(40)31(18-25(3)19-34-23-38)41-22-26-9-5-4-6-10-26/h4-12,23-25,28,31H,14-22H2,1-3H3,(H,34,38)(H,35,40)/t25?,28-,31-/m0/s1. The van der Waals surface area contributed by atoms with Crippen LogP contribution in [0.3, 0.4) is 0 Å². The van der Waals surface area contributed by atoms with Crippen molar-refractivity contribution in [2.45, 2.75) is 58.9 Å². The quantitative estimate of drug-likeness (QED) is 0.239. The maximum absolute atomic E-state index is 13.7. The number of amides is 2. The van der Waals surface area contributed by atoms with Crippen molar-refractivity contribution >= 4 is 23.8 Å². The van der Waals surface area contributed by atoms with Crippen LogP contribution < -0.4 is 15.5 Å². The highest BCUT2D eigenvalue weighted by Crippen LogP contribution is 2.25. The molecular formula is C32H43N5O4. The van der Waals surface area contributed by atoms with Crippen LogP contribution in [0.4, 0.5) is 5.69 Å². The van der Waals surface area contributed by atoms with E-state index in [4.69, 9.17) is 4.74 Å². The predicted octanol–water partition coefficient (Wildman–Crippen LogP) is 3.29. The molecule has 1 aliphatic rings. The smallest absolute Gasteiger partial charge is 0.249 e. The van der Waals surface area contributed by atoms with Gasteiger partial charge in [-0.15, -0.1) is 0 Å². The fourth-order valence-corrected chi connectivity index (χ4v) is 5.10. The second kappa shape index (κ2) is 16.5. The topological polar surface area (TPSA) is 115 Å². The summed E-state index contributed by atoms with van der Waals surface area (Å²) in [5.41, 5.74) is 3.04. The number of carbonyl (C=O) groups is 3. The van der Waals surface area contributed by atoms with Gasteiger partial charge >= 0.3 is 0 Å². The maximum Gasteiger partial charge on any atom is 0.249 e. The van der Waals surface area contributed by atoms with E-state index in [0.29, 0.717) is 45.4 Å². The number of para-hydroxylation sites is 1. The molecule has 1 unspecified atom stereocenters. The Hall–Kier alpha value is -3.74. The van der Waals surface area contributed by atoms with Crippen LogP contribution in [0, 0.1) is 23.2 Å². The summed E-state index contributed by atoms with van der Waals surface area (Å²) in [5.74, 6) is -0.172. The fraction of sp³-hybridized carbons (Fsp3) is 0.500. The summed E-state index contributed by atoms with van der Waals surface area (Å²) in [5, 5.41) is 15.0. The van der Waals surface area contributed by atoms with Gasteiger partial charge < -0.3 is 20.3 Å². The minimum Gasteiger partial charge on any atom is -0.364 e. The van der Waals surface area contributed by atoms with Crippen molar-refractivity contribution in [1.29, 1.82) is 5.26 Å². The van der Waals surface area contributed by atoms with Gasteiger partial charge in [0.1, 0.15) is 12.6 Å². The van der Waals surface area contributed by atoms with Gasteiger partial charge in [-0.25, -0.2) is 0 Å². The number of benzene rings is 2. The summed E-state index contributed by atoms with van der Waals surface area (Å²) in [6, 6.07) is 19.2. The average Bonchev–Trinajstić information content (AvgIpc) is 3.13. The molecule has 0 spiro atoms. The molecule has 2 amide bonds. The Morgan fingerprint density at radius 3 is 2.49 bits per heavy atom. The van der Waals surface area contributed by atoms with Gasteiger partial charge in [-0.2, -0.15) is 5.26 Å². The van der Waals surface area contributed by atoms with Gasteiger partial charge in [0.15, 0.2) is 5.78 Å². The van der Waals surface area contributed by atoms with E-state index in [-0.39, 0.29) is 43.2 Å². The van der Waals surface area contributed by atoms with Gasteiger partial charge in [0.25, 0.3) is 0 Å². The SMILES string of the molecule is CC(C)C[C@H](NC(=O)[C@H](CC(C)CNC=O)OCc1ccccc1)C(=O)CN1CCN(CC#N)c2ccccc2C1. The van der Waals surface area contributed by atoms with E-state index in [0.717, 1.165) is 16.8 Å². The summed E-state index contributed by atoms with van der Waals surface area (Å²) in [4.78, 5) is 42.2. The first-order chi connectivity index (χ1) is 19.8. The normalized spacial score (nSPS) is 15.6. The van der Waals surface area contributed by atoms with E-state index in [1.54, 1.807) is 0 Å². The van der Waals surface area contributed by atoms with Crippen LogP contribution in [0.15, 0.2) is 54.6 Å². The van der Waals surface area contributed by atoms with Crippen molar-refractivity contribution in [2.75, 3.05) is 37.6 Å². The van der Waals surface area contributed by atoms with Gasteiger partial charge in [-0.05, 0) is 41.9 Å². The zero-order chi connectivity index (χ0) is 29.6. The number of ketones is 1. The van der Waals surface area contributed by atoms with E-state index < -0.39 is 12.1 Å². The maximum atomic E-state index is 13.7. The molecule has 0 radical (unpaired) electrons. The highest BCUT2D eigenvalue weighted by molar-refractivity contribution is 5.91. The van der Waals surface area contributed by atoms with Crippen LogP contribution >= 0.6 is 0 Å². The number of hydrogen-bond donors (Lipinski definition) is 2. The van der Waals surface area contributed by atoms with Crippen LogP contribution in [-0.4, -0.2) is 67.9 Å². The predicted molar refractivity (Wildman–Crippen MR) is 159 cm³/mol. The summed E-state index contributed by atoms with van der Waals surface area (Å²) >= 11 is 0. The third kappa shape index (κ3) is 10.3. The monoisotopic (exact) mass is 561 g/mol. The molecule has 220 valence electrons. The molecular weight excluding hydrogens is 518 g/mol. The molecule has 9 heteroatoms. The van der Waals surface area contributed by atoms with Crippen LogP contribution in [0.5, 0.6) is 0 Å². The van der Waals surface area contributed by atoms with Crippen LogP contribution in [-0.2, 0) is 32.3 Å². The Balaban J connectivity index is 1.71. The Labute approximate surface area is 243 Å². The largest absolute Gasteiger partial charge is 0.364 e. The lowest BCUT2D eigenvalue weighted by Gasteiger charge is -2.27. The summed E-state index contributed by atoms with van der Waals surface area (Å²) < 4.78 is 6.08. The molecule has 0 fully saturated rings. The number of carbonyl (C=O) groups excluding carboxylic acids is 3. The lowest BCUT2D eigenvalue weighted by Crippen LogP contribution is -2.50. The Bertz CT molecular complexity index is 1170. The third-order valence-corrected chi connectivity index (χ3v) is 7.22. The molecule has 0 saturated carbocycles. The highest BCUT2D eigenvalue weighted by atomic mass is 16.5. The number of hydrogen-bond acceptors (Lipinski definition) is 7. The number of anilines is 1. The van der Waals surface area contributed by atoms with E-state index in [1.807, 2.05) is 80.3 Å². The van der Waals surface area contributed by atoms with Crippen molar-refractivity contribution in [3.63, 3.8) is 0 Å². The minimum atomic E-state index is -0.772. The molecule has 1 aliphatic heterocycles. The number of nitrogens with one attached hydrogen (secondary N) is 2. The number of nitriles is 1. The van der Waals surface area contributed by atoms with E-state index in [9.17, 15) is 19.6 Å². The third-order valence-electron chi connectivity index (χ3n) is 7.22. The van der Waals surface area contributed by atoms with Gasteiger partial charge in [-0.3, -0.25) is 19.3 Å². The van der Waals surface area contributed by atoms with Crippen molar-refractivity contribution < 1.29 is 19.1 Å². The molecule has 3 rings (SSSR count). The number of nitrogens with zero attached hydrogens (tertiary/aromatic N) is 3. The van der Waals surface area contributed by atoms with Crippen molar-refractivity contribution in [3.8, 4) is 6.07 Å². The second-order valence-corrected chi connectivity index (χ2v) is 11.2. The molecule has 0 aromatic heterocycles. The summed E-state index contributed by atoms with van der Waals surface area (Å²) in [7, 11) is 0. The molecule has 3 atom stereocenters. The number of Topliss-reactive ketones (excluding diaryl/α,β-unsaturated/α-hetero) is 1. The van der Waals surface area contributed by atoms with Crippen molar-refractivity contribution in [2.24, 2.45) is 11.8 Å². The second-order valence-electron chi connectivity index (χ2n) is 11.2. The molecule has 0 saturated heterocycles. The minimum absolute atomic E-state index is 0.000465.